The summed E-state index contributed by atoms with van der Waals surface area (Å²) in [5, 5.41) is 3.39. The van der Waals surface area contributed by atoms with E-state index in [1.807, 2.05) is 6.07 Å². The summed E-state index contributed by atoms with van der Waals surface area (Å²) in [7, 11) is 0. The second-order valence-electron chi connectivity index (χ2n) is 4.41. The van der Waals surface area contributed by atoms with Crippen molar-refractivity contribution in [3.63, 3.8) is 0 Å². The van der Waals surface area contributed by atoms with E-state index in [0.717, 1.165) is 0 Å². The number of carbonyl (C=O) groups is 2. The molecular formula is C16H13Cl2NO2. The van der Waals surface area contributed by atoms with Gasteiger partial charge in [-0.15, -0.1) is 11.6 Å². The molecule has 0 radical (unpaired) electrons. The largest absolute Gasteiger partial charge is 0.377 e. The molecule has 0 aliphatic heterocycles. The molecule has 0 aromatic heterocycles. The second-order valence-corrected chi connectivity index (χ2v) is 5.11. The molecule has 0 saturated carbocycles. The van der Waals surface area contributed by atoms with Crippen molar-refractivity contribution in [3.05, 3.63) is 64.7 Å². The molecule has 0 saturated heterocycles. The SMILES string of the molecule is O=C(CCl)CNc1ccc(Cl)cc1C(=O)c1ccccc1. The van der Waals surface area contributed by atoms with Crippen molar-refractivity contribution in [2.75, 3.05) is 17.7 Å². The fourth-order valence-corrected chi connectivity index (χ4v) is 2.11. The predicted molar refractivity (Wildman–Crippen MR) is 85.5 cm³/mol. The first-order valence-corrected chi connectivity index (χ1v) is 7.24. The number of halogens is 2. The number of hydrogen-bond donors (Lipinski definition) is 1. The number of rotatable bonds is 6. The standard InChI is InChI=1S/C16H13Cl2NO2/c17-9-13(20)10-19-15-7-6-12(18)8-14(15)16(21)11-4-2-1-3-5-11/h1-8,19H,9-10H2. The first kappa shape index (κ1) is 15.5. The van der Waals surface area contributed by atoms with E-state index < -0.39 is 0 Å². The first-order valence-electron chi connectivity index (χ1n) is 6.32. The van der Waals surface area contributed by atoms with Crippen LogP contribution in [0.2, 0.25) is 5.02 Å². The second kappa shape index (κ2) is 7.25. The van der Waals surface area contributed by atoms with Crippen LogP contribution >= 0.6 is 23.2 Å². The first-order chi connectivity index (χ1) is 10.1. The average Bonchev–Trinajstić information content (AvgIpc) is 2.53. The van der Waals surface area contributed by atoms with Gasteiger partial charge in [0.15, 0.2) is 11.6 Å². The van der Waals surface area contributed by atoms with Gasteiger partial charge in [-0.3, -0.25) is 9.59 Å². The number of alkyl halides is 1. The summed E-state index contributed by atoms with van der Waals surface area (Å²) in [6.45, 7) is 0.0696. The molecule has 0 aliphatic rings. The van der Waals surface area contributed by atoms with Crippen LogP contribution in [0.15, 0.2) is 48.5 Å². The minimum Gasteiger partial charge on any atom is -0.377 e. The zero-order valence-corrected chi connectivity index (χ0v) is 12.6. The lowest BCUT2D eigenvalue weighted by molar-refractivity contribution is -0.115. The van der Waals surface area contributed by atoms with Crippen molar-refractivity contribution >= 4 is 40.5 Å². The van der Waals surface area contributed by atoms with Crippen LogP contribution < -0.4 is 5.32 Å². The molecule has 21 heavy (non-hydrogen) atoms. The summed E-state index contributed by atoms with van der Waals surface area (Å²) >= 11 is 11.4. The third kappa shape index (κ3) is 4.06. The summed E-state index contributed by atoms with van der Waals surface area (Å²) in [5.74, 6) is -0.369. The van der Waals surface area contributed by atoms with Gasteiger partial charge in [0, 0.05) is 21.8 Å². The monoisotopic (exact) mass is 321 g/mol. The highest BCUT2D eigenvalue weighted by Gasteiger charge is 2.14. The Morgan fingerprint density at radius 1 is 1.05 bits per heavy atom. The van der Waals surface area contributed by atoms with Crippen LogP contribution in [0.25, 0.3) is 0 Å². The Morgan fingerprint density at radius 2 is 1.76 bits per heavy atom. The summed E-state index contributed by atoms with van der Waals surface area (Å²) in [5.41, 5.74) is 1.55. The highest BCUT2D eigenvalue weighted by Crippen LogP contribution is 2.23. The van der Waals surface area contributed by atoms with Crippen LogP contribution in [0.4, 0.5) is 5.69 Å². The number of Topliss-reactive ketones (excluding diaryl/α,β-unsaturated/α-hetero) is 1. The summed E-state index contributed by atoms with van der Waals surface area (Å²) in [6.07, 6.45) is 0. The van der Waals surface area contributed by atoms with Crippen molar-refractivity contribution < 1.29 is 9.59 Å². The Balaban J connectivity index is 2.31. The number of benzene rings is 2. The minimum atomic E-state index is -0.154. The molecule has 2 rings (SSSR count). The Hall–Kier alpha value is -1.84. The van der Waals surface area contributed by atoms with Crippen molar-refractivity contribution in [2.24, 2.45) is 0 Å². The van der Waals surface area contributed by atoms with Crippen LogP contribution in [0.5, 0.6) is 0 Å². The van der Waals surface area contributed by atoms with Gasteiger partial charge in [-0.1, -0.05) is 41.9 Å². The third-order valence-electron chi connectivity index (χ3n) is 2.89. The highest BCUT2D eigenvalue weighted by atomic mass is 35.5. The molecule has 1 N–H and O–H groups in total. The zero-order valence-electron chi connectivity index (χ0n) is 11.1. The van der Waals surface area contributed by atoms with Gasteiger partial charge in [-0.05, 0) is 18.2 Å². The molecule has 108 valence electrons. The lowest BCUT2D eigenvalue weighted by Crippen LogP contribution is -2.16. The fraction of sp³-hybridized carbons (Fsp3) is 0.125. The Bertz CT molecular complexity index is 657. The molecule has 5 heteroatoms. The van der Waals surface area contributed by atoms with Crippen LogP contribution in [-0.2, 0) is 4.79 Å². The zero-order chi connectivity index (χ0) is 15.2. The Labute approximate surface area is 132 Å². The van der Waals surface area contributed by atoms with E-state index in [0.29, 0.717) is 21.8 Å². The minimum absolute atomic E-state index is 0.0669. The van der Waals surface area contributed by atoms with Gasteiger partial charge < -0.3 is 5.32 Å². The van der Waals surface area contributed by atoms with Gasteiger partial charge in [0.2, 0.25) is 0 Å². The average molecular weight is 322 g/mol. The summed E-state index contributed by atoms with van der Waals surface area (Å²) in [4.78, 5) is 23.8. The third-order valence-corrected chi connectivity index (χ3v) is 3.42. The maximum atomic E-state index is 12.5. The predicted octanol–water partition coefficient (Wildman–Crippen LogP) is 3.79. The van der Waals surface area contributed by atoms with Gasteiger partial charge in [0.25, 0.3) is 0 Å². The van der Waals surface area contributed by atoms with E-state index in [9.17, 15) is 9.59 Å². The summed E-state index contributed by atoms with van der Waals surface area (Å²) in [6, 6.07) is 13.8. The molecular weight excluding hydrogens is 309 g/mol. The van der Waals surface area contributed by atoms with Crippen molar-refractivity contribution in [1.29, 1.82) is 0 Å². The molecule has 2 aromatic carbocycles. The molecule has 0 bridgehead atoms. The van der Waals surface area contributed by atoms with E-state index in [-0.39, 0.29) is 24.0 Å². The van der Waals surface area contributed by atoms with Crippen LogP contribution in [0.1, 0.15) is 15.9 Å². The van der Waals surface area contributed by atoms with E-state index in [4.69, 9.17) is 23.2 Å². The van der Waals surface area contributed by atoms with Crippen LogP contribution in [0, 0.1) is 0 Å². The molecule has 0 aliphatic carbocycles. The van der Waals surface area contributed by atoms with Gasteiger partial charge in [-0.25, -0.2) is 0 Å². The molecule has 2 aromatic rings. The van der Waals surface area contributed by atoms with E-state index in [2.05, 4.69) is 5.32 Å². The Morgan fingerprint density at radius 3 is 2.43 bits per heavy atom. The normalized spacial score (nSPS) is 10.2. The fourth-order valence-electron chi connectivity index (χ4n) is 1.84. The van der Waals surface area contributed by atoms with Crippen molar-refractivity contribution in [3.8, 4) is 0 Å². The molecule has 0 unspecified atom stereocenters. The van der Waals surface area contributed by atoms with Crippen LogP contribution in [-0.4, -0.2) is 24.0 Å². The van der Waals surface area contributed by atoms with Crippen molar-refractivity contribution in [2.45, 2.75) is 0 Å². The van der Waals surface area contributed by atoms with Crippen molar-refractivity contribution in [1.82, 2.24) is 0 Å². The van der Waals surface area contributed by atoms with Gasteiger partial charge in [-0.2, -0.15) is 0 Å². The van der Waals surface area contributed by atoms with E-state index in [1.165, 1.54) is 0 Å². The smallest absolute Gasteiger partial charge is 0.195 e. The molecule has 0 spiro atoms. The Kier molecular flexibility index (Phi) is 5.37. The lowest BCUT2D eigenvalue weighted by Gasteiger charge is -2.11. The lowest BCUT2D eigenvalue weighted by atomic mass is 10.0. The molecule has 0 atom stereocenters. The quantitative estimate of drug-likeness (QED) is 0.650. The molecule has 0 fully saturated rings. The van der Waals surface area contributed by atoms with Gasteiger partial charge >= 0.3 is 0 Å². The maximum absolute atomic E-state index is 12.5. The number of anilines is 1. The maximum Gasteiger partial charge on any atom is 0.195 e. The molecule has 0 amide bonds. The summed E-state index contributed by atoms with van der Waals surface area (Å²) < 4.78 is 0. The van der Waals surface area contributed by atoms with Gasteiger partial charge in [0.05, 0.1) is 12.4 Å². The number of carbonyl (C=O) groups excluding carboxylic acids is 2. The number of ketones is 2. The van der Waals surface area contributed by atoms with E-state index in [1.54, 1.807) is 42.5 Å². The number of nitrogens with one attached hydrogen (secondary N) is 1. The topological polar surface area (TPSA) is 46.2 Å². The molecule has 3 nitrogen and oxygen atoms in total. The van der Waals surface area contributed by atoms with Gasteiger partial charge in [0.1, 0.15) is 0 Å². The van der Waals surface area contributed by atoms with E-state index >= 15 is 0 Å². The van der Waals surface area contributed by atoms with Crippen LogP contribution in [0.3, 0.4) is 0 Å². The number of hydrogen-bond acceptors (Lipinski definition) is 3. The molecule has 0 heterocycles. The highest BCUT2D eigenvalue weighted by molar-refractivity contribution is 6.31.